The highest BCUT2D eigenvalue weighted by Gasteiger charge is 2.19. The van der Waals surface area contributed by atoms with Crippen molar-refractivity contribution in [2.45, 2.75) is 17.9 Å². The number of amides is 2. The Morgan fingerprint density at radius 3 is 2.48 bits per heavy atom. The minimum Gasteiger partial charge on any atom is -0.486 e. The molecule has 0 saturated heterocycles. The summed E-state index contributed by atoms with van der Waals surface area (Å²) in [5.74, 6) is -0.182. The summed E-state index contributed by atoms with van der Waals surface area (Å²) in [7, 11) is 0. The van der Waals surface area contributed by atoms with Crippen LogP contribution in [0.4, 0.5) is 5.69 Å². The molecule has 29 heavy (non-hydrogen) atoms. The predicted octanol–water partition coefficient (Wildman–Crippen LogP) is 2.22. The number of thioether (sulfide) groups is 1. The van der Waals surface area contributed by atoms with E-state index in [0.717, 1.165) is 4.90 Å². The molecule has 2 aromatic carbocycles. The average molecular weight is 416 g/mol. The van der Waals surface area contributed by atoms with Crippen LogP contribution >= 0.6 is 11.8 Å². The van der Waals surface area contributed by atoms with E-state index in [1.807, 2.05) is 6.07 Å². The molecular weight excluding hydrogens is 396 g/mol. The van der Waals surface area contributed by atoms with Gasteiger partial charge in [-0.1, -0.05) is 0 Å². The fraction of sp³-hybridized carbons (Fsp3) is 0.250. The van der Waals surface area contributed by atoms with Gasteiger partial charge in [0.2, 0.25) is 5.91 Å². The van der Waals surface area contributed by atoms with Gasteiger partial charge in [-0.3, -0.25) is 14.4 Å². The number of esters is 1. The third-order valence-electron chi connectivity index (χ3n) is 3.98. The lowest BCUT2D eigenvalue weighted by Gasteiger charge is -2.18. The third-order valence-corrected chi connectivity index (χ3v) is 4.95. The Kier molecular flexibility index (Phi) is 6.61. The van der Waals surface area contributed by atoms with E-state index in [-0.39, 0.29) is 5.75 Å². The number of carbonyl (C=O) groups is 3. The van der Waals surface area contributed by atoms with Gasteiger partial charge in [-0.2, -0.15) is 0 Å². The lowest BCUT2D eigenvalue weighted by molar-refractivity contribution is -0.150. The van der Waals surface area contributed by atoms with Crippen molar-refractivity contribution in [2.75, 3.05) is 24.3 Å². The molecule has 0 unspecified atom stereocenters. The molecule has 0 aromatic heterocycles. The van der Waals surface area contributed by atoms with Gasteiger partial charge in [-0.05, 0) is 49.4 Å². The Bertz CT molecular complexity index is 916. The zero-order valence-corrected chi connectivity index (χ0v) is 16.5. The zero-order chi connectivity index (χ0) is 20.8. The van der Waals surface area contributed by atoms with Gasteiger partial charge in [0, 0.05) is 16.1 Å². The summed E-state index contributed by atoms with van der Waals surface area (Å²) in [5.41, 5.74) is 5.97. The highest BCUT2D eigenvalue weighted by atomic mass is 32.2. The minimum atomic E-state index is -0.973. The van der Waals surface area contributed by atoms with Crippen LogP contribution in [0.1, 0.15) is 17.3 Å². The van der Waals surface area contributed by atoms with Crippen LogP contribution in [0.2, 0.25) is 0 Å². The first-order chi connectivity index (χ1) is 13.9. The standard InChI is InChI=1S/C20H20N2O6S/c1-12(20(25)22-14-4-2-13(3-5-14)19(21)24)28-18(23)11-29-15-6-7-16-17(10-15)27-9-8-26-16/h2-7,10,12H,8-9,11H2,1H3,(H2,21,24)(H,22,25)/t12-/m0/s1. The van der Waals surface area contributed by atoms with Crippen LogP contribution in [-0.4, -0.2) is 42.9 Å². The van der Waals surface area contributed by atoms with E-state index in [1.165, 1.54) is 30.8 Å². The van der Waals surface area contributed by atoms with Crippen molar-refractivity contribution in [3.8, 4) is 11.5 Å². The molecule has 8 nitrogen and oxygen atoms in total. The van der Waals surface area contributed by atoms with E-state index in [1.54, 1.807) is 24.3 Å². The number of hydrogen-bond acceptors (Lipinski definition) is 7. The molecule has 152 valence electrons. The molecule has 2 aromatic rings. The molecule has 0 aliphatic carbocycles. The zero-order valence-electron chi connectivity index (χ0n) is 15.7. The van der Waals surface area contributed by atoms with Gasteiger partial charge in [0.15, 0.2) is 17.6 Å². The number of nitrogens with one attached hydrogen (secondary N) is 1. The topological polar surface area (TPSA) is 117 Å². The van der Waals surface area contributed by atoms with Gasteiger partial charge in [0.1, 0.15) is 13.2 Å². The monoisotopic (exact) mass is 416 g/mol. The molecule has 3 N–H and O–H groups in total. The lowest BCUT2D eigenvalue weighted by Crippen LogP contribution is -2.30. The van der Waals surface area contributed by atoms with Gasteiger partial charge in [-0.15, -0.1) is 11.8 Å². The van der Waals surface area contributed by atoms with Crippen LogP contribution in [0.15, 0.2) is 47.4 Å². The number of hydrogen-bond donors (Lipinski definition) is 2. The molecule has 1 aliphatic rings. The largest absolute Gasteiger partial charge is 0.486 e. The number of ether oxygens (including phenoxy) is 3. The molecule has 1 atom stereocenters. The van der Waals surface area contributed by atoms with Crippen molar-refractivity contribution >= 4 is 35.2 Å². The van der Waals surface area contributed by atoms with Crippen LogP contribution in [0.25, 0.3) is 0 Å². The number of fused-ring (bicyclic) bond motifs is 1. The molecular formula is C20H20N2O6S. The van der Waals surface area contributed by atoms with Crippen molar-refractivity contribution < 1.29 is 28.6 Å². The van der Waals surface area contributed by atoms with Gasteiger partial charge in [0.25, 0.3) is 5.91 Å². The van der Waals surface area contributed by atoms with Crippen molar-refractivity contribution in [3.63, 3.8) is 0 Å². The van der Waals surface area contributed by atoms with Gasteiger partial charge in [-0.25, -0.2) is 0 Å². The molecule has 0 radical (unpaired) electrons. The Morgan fingerprint density at radius 2 is 1.79 bits per heavy atom. The predicted molar refractivity (Wildman–Crippen MR) is 107 cm³/mol. The second kappa shape index (κ2) is 9.33. The third kappa shape index (κ3) is 5.64. The highest BCUT2D eigenvalue weighted by molar-refractivity contribution is 8.00. The van der Waals surface area contributed by atoms with Crippen molar-refractivity contribution in [1.29, 1.82) is 0 Å². The first-order valence-electron chi connectivity index (χ1n) is 8.85. The summed E-state index contributed by atoms with van der Waals surface area (Å²) in [5, 5.41) is 2.62. The van der Waals surface area contributed by atoms with Gasteiger partial charge in [0.05, 0.1) is 5.75 Å². The molecule has 3 rings (SSSR count). The van der Waals surface area contributed by atoms with Crippen LogP contribution in [-0.2, 0) is 14.3 Å². The van der Waals surface area contributed by atoms with Crippen LogP contribution in [0.5, 0.6) is 11.5 Å². The Hall–Kier alpha value is -3.20. The summed E-state index contributed by atoms with van der Waals surface area (Å²) in [6.07, 6.45) is -0.973. The second-order valence-electron chi connectivity index (χ2n) is 6.16. The van der Waals surface area contributed by atoms with Crippen LogP contribution in [0.3, 0.4) is 0 Å². The minimum absolute atomic E-state index is 0.0462. The summed E-state index contributed by atoms with van der Waals surface area (Å²) in [6, 6.07) is 11.5. The highest BCUT2D eigenvalue weighted by Crippen LogP contribution is 2.34. The molecule has 1 aliphatic heterocycles. The normalized spacial score (nSPS) is 13.3. The molecule has 2 amide bonds. The van der Waals surface area contributed by atoms with Crippen molar-refractivity contribution in [2.24, 2.45) is 5.73 Å². The van der Waals surface area contributed by atoms with E-state index in [2.05, 4.69) is 5.32 Å². The maximum atomic E-state index is 12.2. The second-order valence-corrected chi connectivity index (χ2v) is 7.21. The Labute approximate surface area is 171 Å². The molecule has 0 fully saturated rings. The number of benzene rings is 2. The average Bonchev–Trinajstić information content (AvgIpc) is 2.72. The van der Waals surface area contributed by atoms with Gasteiger partial charge >= 0.3 is 5.97 Å². The summed E-state index contributed by atoms with van der Waals surface area (Å²) in [4.78, 5) is 36.1. The quantitative estimate of drug-likeness (QED) is 0.525. The SMILES string of the molecule is C[C@H](OC(=O)CSc1ccc2c(c1)OCCO2)C(=O)Nc1ccc(C(N)=O)cc1. The Morgan fingerprint density at radius 1 is 1.10 bits per heavy atom. The number of anilines is 1. The molecule has 0 saturated carbocycles. The van der Waals surface area contributed by atoms with Crippen LogP contribution < -0.4 is 20.5 Å². The van der Waals surface area contributed by atoms with E-state index in [9.17, 15) is 14.4 Å². The number of nitrogens with two attached hydrogens (primary N) is 1. The van der Waals surface area contributed by atoms with Crippen molar-refractivity contribution in [1.82, 2.24) is 0 Å². The first-order valence-corrected chi connectivity index (χ1v) is 9.83. The van der Waals surface area contributed by atoms with Crippen LogP contribution in [0, 0.1) is 0 Å². The fourth-order valence-corrected chi connectivity index (χ4v) is 3.21. The summed E-state index contributed by atoms with van der Waals surface area (Å²) in [6.45, 7) is 2.49. The number of rotatable bonds is 7. The molecule has 0 spiro atoms. The van der Waals surface area contributed by atoms with E-state index >= 15 is 0 Å². The molecule has 9 heteroatoms. The van der Waals surface area contributed by atoms with Crippen molar-refractivity contribution in [3.05, 3.63) is 48.0 Å². The summed E-state index contributed by atoms with van der Waals surface area (Å²) < 4.78 is 16.1. The smallest absolute Gasteiger partial charge is 0.317 e. The van der Waals surface area contributed by atoms with E-state index < -0.39 is 23.9 Å². The number of primary amides is 1. The molecule has 0 bridgehead atoms. The summed E-state index contributed by atoms with van der Waals surface area (Å²) >= 11 is 1.28. The maximum Gasteiger partial charge on any atom is 0.317 e. The maximum absolute atomic E-state index is 12.2. The lowest BCUT2D eigenvalue weighted by atomic mass is 10.2. The first kappa shape index (κ1) is 20.5. The van der Waals surface area contributed by atoms with Gasteiger partial charge < -0.3 is 25.3 Å². The van der Waals surface area contributed by atoms with E-state index in [0.29, 0.717) is 36.0 Å². The molecule has 1 heterocycles. The fourth-order valence-electron chi connectivity index (χ4n) is 2.50. The number of carbonyl (C=O) groups excluding carboxylic acids is 3. The van der Waals surface area contributed by atoms with E-state index in [4.69, 9.17) is 19.9 Å². The Balaban J connectivity index is 1.47.